The molecule has 0 atom stereocenters. The fraction of sp³-hybridized carbons (Fsp3) is 0.300. The Labute approximate surface area is 382 Å². The van der Waals surface area contributed by atoms with Gasteiger partial charge in [-0.3, -0.25) is 9.55 Å². The highest BCUT2D eigenvalue weighted by molar-refractivity contribution is 5.97. The van der Waals surface area contributed by atoms with Gasteiger partial charge in [-0.2, -0.15) is 0 Å². The van der Waals surface area contributed by atoms with E-state index in [1.165, 1.54) is 27.8 Å². The number of phenols is 1. The van der Waals surface area contributed by atoms with Crippen molar-refractivity contribution in [3.8, 4) is 67.5 Å². The molecular formula is C60H65N3O. The molecule has 0 amide bonds. The van der Waals surface area contributed by atoms with E-state index in [1.807, 2.05) is 12.3 Å². The van der Waals surface area contributed by atoms with Gasteiger partial charge in [-0.05, 0) is 115 Å². The van der Waals surface area contributed by atoms with Crippen LogP contribution in [0.2, 0.25) is 0 Å². The Morgan fingerprint density at radius 3 is 1.58 bits per heavy atom. The zero-order chi connectivity index (χ0) is 45.9. The molecule has 0 unspecified atom stereocenters. The molecule has 8 aromatic rings. The number of rotatable bonds is 8. The van der Waals surface area contributed by atoms with Crippen molar-refractivity contribution in [3.05, 3.63) is 167 Å². The number of fused-ring (bicyclic) bond motifs is 1. The van der Waals surface area contributed by atoms with E-state index < -0.39 is 0 Å². The number of benzene rings is 6. The van der Waals surface area contributed by atoms with Crippen LogP contribution in [0, 0.1) is 0 Å². The zero-order valence-corrected chi connectivity index (χ0v) is 40.2. The van der Waals surface area contributed by atoms with Crippen LogP contribution in [0.3, 0.4) is 0 Å². The summed E-state index contributed by atoms with van der Waals surface area (Å²) in [6, 6.07) is 48.1. The summed E-state index contributed by atoms with van der Waals surface area (Å²) >= 11 is 0. The Balaban J connectivity index is 1.47. The minimum absolute atomic E-state index is 0.130. The maximum Gasteiger partial charge on any atom is 0.149 e. The molecule has 326 valence electrons. The van der Waals surface area contributed by atoms with Crippen molar-refractivity contribution in [3.63, 3.8) is 0 Å². The Kier molecular flexibility index (Phi) is 11.6. The summed E-state index contributed by atoms with van der Waals surface area (Å²) in [4.78, 5) is 10.8. The molecule has 0 spiro atoms. The largest absolute Gasteiger partial charge is 0.507 e. The van der Waals surface area contributed by atoms with Crippen LogP contribution in [0.15, 0.2) is 140 Å². The fourth-order valence-corrected chi connectivity index (χ4v) is 8.89. The molecule has 8 rings (SSSR count). The van der Waals surface area contributed by atoms with Crippen molar-refractivity contribution < 1.29 is 5.11 Å². The van der Waals surface area contributed by atoms with Crippen LogP contribution in [-0.2, 0) is 16.2 Å². The van der Waals surface area contributed by atoms with Crippen molar-refractivity contribution in [2.75, 3.05) is 0 Å². The summed E-state index contributed by atoms with van der Waals surface area (Å²) in [5, 5.41) is 12.6. The first-order valence-electron chi connectivity index (χ1n) is 23.0. The maximum atomic E-state index is 12.6. The molecule has 0 radical (unpaired) electrons. The van der Waals surface area contributed by atoms with Crippen LogP contribution in [0.1, 0.15) is 130 Å². The van der Waals surface area contributed by atoms with Crippen molar-refractivity contribution in [2.45, 2.75) is 118 Å². The molecule has 1 N–H and O–H groups in total. The van der Waals surface area contributed by atoms with Gasteiger partial charge in [0, 0.05) is 28.5 Å². The number of imidazole rings is 1. The van der Waals surface area contributed by atoms with Crippen LogP contribution in [0.25, 0.3) is 72.7 Å². The number of pyridine rings is 1. The SMILES string of the molecule is CC(C)c1cc(-c2ccccc2)cc(C(C)C)c1-n1c(-c2cc(C(C)(C)C)cc(C(C)(C)C)c2O)nc2c(-c3cc(-c4ccc(-c5ccccc5)cn4)cc(C(C)(C)C)c3)cccc21. The summed E-state index contributed by atoms with van der Waals surface area (Å²) in [6.07, 6.45) is 1.98. The molecule has 4 nitrogen and oxygen atoms in total. The van der Waals surface area contributed by atoms with Gasteiger partial charge in [0.2, 0.25) is 0 Å². The van der Waals surface area contributed by atoms with E-state index in [0.29, 0.717) is 0 Å². The minimum atomic E-state index is -0.317. The van der Waals surface area contributed by atoms with Gasteiger partial charge in [-0.1, -0.05) is 181 Å². The number of para-hydroxylation sites is 1. The van der Waals surface area contributed by atoms with Crippen molar-refractivity contribution in [2.24, 2.45) is 0 Å². The molecule has 0 aliphatic heterocycles. The van der Waals surface area contributed by atoms with E-state index in [4.69, 9.17) is 9.97 Å². The van der Waals surface area contributed by atoms with E-state index in [2.05, 4.69) is 222 Å². The first-order valence-corrected chi connectivity index (χ1v) is 23.0. The third-order valence-electron chi connectivity index (χ3n) is 12.7. The highest BCUT2D eigenvalue weighted by Gasteiger charge is 2.31. The zero-order valence-electron chi connectivity index (χ0n) is 40.2. The first-order chi connectivity index (χ1) is 30.2. The van der Waals surface area contributed by atoms with Crippen LogP contribution < -0.4 is 0 Å². The Morgan fingerprint density at radius 2 is 1.05 bits per heavy atom. The standard InChI is InChI=1S/C60H65N3O/c1-37(2)48-32-42(40-23-18-15-19-24-40)33-49(38(3)4)55(48)63-53-26-20-25-47(54(53)62-57(63)50-34-46(59(8,9)10)35-51(56(50)64)60(11,12)13)43-29-44(31-45(30-43)58(5,6)7)52-28-27-41(36-61-52)39-21-16-14-17-22-39/h14-38,64H,1-13H3. The molecular weight excluding hydrogens is 779 g/mol. The third-order valence-corrected chi connectivity index (χ3v) is 12.7. The van der Waals surface area contributed by atoms with Crippen LogP contribution in [0.5, 0.6) is 5.75 Å². The van der Waals surface area contributed by atoms with Gasteiger partial charge in [0.05, 0.1) is 28.0 Å². The first kappa shape index (κ1) is 44.4. The number of hydrogen-bond acceptors (Lipinski definition) is 3. The summed E-state index contributed by atoms with van der Waals surface area (Å²) in [5.41, 5.74) is 17.6. The summed E-state index contributed by atoms with van der Waals surface area (Å²) < 4.78 is 2.38. The maximum absolute atomic E-state index is 12.6. The number of phenolic OH excluding ortho intramolecular Hbond substituents is 1. The molecule has 0 saturated carbocycles. The Bertz CT molecular complexity index is 2940. The predicted molar refractivity (Wildman–Crippen MR) is 272 cm³/mol. The minimum Gasteiger partial charge on any atom is -0.507 e. The predicted octanol–water partition coefficient (Wildman–Crippen LogP) is 16.6. The van der Waals surface area contributed by atoms with Crippen molar-refractivity contribution in [1.82, 2.24) is 14.5 Å². The lowest BCUT2D eigenvalue weighted by Gasteiger charge is -2.28. The van der Waals surface area contributed by atoms with E-state index in [0.717, 1.165) is 72.7 Å². The normalized spacial score (nSPS) is 12.5. The lowest BCUT2D eigenvalue weighted by Crippen LogP contribution is -2.17. The molecule has 0 aliphatic carbocycles. The van der Waals surface area contributed by atoms with Crippen molar-refractivity contribution >= 4 is 11.0 Å². The lowest BCUT2D eigenvalue weighted by molar-refractivity contribution is 0.446. The highest BCUT2D eigenvalue weighted by Crippen LogP contribution is 2.47. The Morgan fingerprint density at radius 1 is 0.484 bits per heavy atom. The van der Waals surface area contributed by atoms with Crippen LogP contribution >= 0.6 is 0 Å². The molecule has 0 bridgehead atoms. The average molecular weight is 844 g/mol. The van der Waals surface area contributed by atoms with Gasteiger partial charge in [0.15, 0.2) is 0 Å². The fourth-order valence-electron chi connectivity index (χ4n) is 8.89. The quantitative estimate of drug-likeness (QED) is 0.166. The van der Waals surface area contributed by atoms with E-state index in [1.54, 1.807) is 0 Å². The number of hydrogen-bond donors (Lipinski definition) is 1. The van der Waals surface area contributed by atoms with Crippen LogP contribution in [-0.4, -0.2) is 19.6 Å². The number of nitrogens with zero attached hydrogens (tertiary/aromatic N) is 3. The van der Waals surface area contributed by atoms with Gasteiger partial charge in [0.25, 0.3) is 0 Å². The smallest absolute Gasteiger partial charge is 0.149 e. The van der Waals surface area contributed by atoms with Gasteiger partial charge in [0.1, 0.15) is 11.6 Å². The number of aromatic hydroxyl groups is 1. The van der Waals surface area contributed by atoms with Gasteiger partial charge < -0.3 is 5.11 Å². The van der Waals surface area contributed by atoms with E-state index >= 15 is 0 Å². The topological polar surface area (TPSA) is 50.9 Å². The molecule has 2 aromatic heterocycles. The van der Waals surface area contributed by atoms with Gasteiger partial charge in [-0.25, -0.2) is 4.98 Å². The summed E-state index contributed by atoms with van der Waals surface area (Å²) in [5.74, 6) is 1.39. The molecule has 0 fully saturated rings. The van der Waals surface area contributed by atoms with E-state index in [-0.39, 0.29) is 33.8 Å². The summed E-state index contributed by atoms with van der Waals surface area (Å²) in [6.45, 7) is 29.2. The number of aromatic nitrogens is 3. The van der Waals surface area contributed by atoms with Gasteiger partial charge >= 0.3 is 0 Å². The molecule has 0 saturated heterocycles. The molecule has 64 heavy (non-hydrogen) atoms. The second kappa shape index (κ2) is 16.7. The van der Waals surface area contributed by atoms with E-state index in [9.17, 15) is 5.11 Å². The van der Waals surface area contributed by atoms with Gasteiger partial charge in [-0.15, -0.1) is 0 Å². The lowest BCUT2D eigenvalue weighted by atomic mass is 9.78. The molecule has 6 aromatic carbocycles. The highest BCUT2D eigenvalue weighted by atomic mass is 16.3. The second-order valence-electron chi connectivity index (χ2n) is 21.4. The second-order valence-corrected chi connectivity index (χ2v) is 21.4. The third kappa shape index (κ3) is 8.55. The van der Waals surface area contributed by atoms with Crippen LogP contribution in [0.4, 0.5) is 0 Å². The molecule has 4 heteroatoms. The average Bonchev–Trinajstić information content (AvgIpc) is 3.64. The molecule has 0 aliphatic rings. The van der Waals surface area contributed by atoms with Crippen molar-refractivity contribution in [1.29, 1.82) is 0 Å². The Hall–Kier alpha value is -6.26. The monoisotopic (exact) mass is 844 g/mol. The summed E-state index contributed by atoms with van der Waals surface area (Å²) in [7, 11) is 0. The molecule has 2 heterocycles.